The molecule has 0 radical (unpaired) electrons. The number of nitrogens with one attached hydrogen (secondary N) is 1. The SMILES string of the molecule is CCN(CC)CC(C)NS(=O)(=O)c1cc(C)c(C(=O)O)s1. The van der Waals surface area contributed by atoms with Crippen molar-refractivity contribution >= 4 is 27.3 Å². The van der Waals surface area contributed by atoms with Crippen LogP contribution >= 0.6 is 11.3 Å². The van der Waals surface area contributed by atoms with Crippen LogP contribution in [0, 0.1) is 6.92 Å². The van der Waals surface area contributed by atoms with Crippen molar-refractivity contribution in [1.29, 1.82) is 0 Å². The fourth-order valence-corrected chi connectivity index (χ4v) is 4.66. The highest BCUT2D eigenvalue weighted by molar-refractivity contribution is 7.91. The zero-order chi connectivity index (χ0) is 16.2. The topological polar surface area (TPSA) is 86.7 Å². The van der Waals surface area contributed by atoms with Crippen molar-refractivity contribution in [3.05, 3.63) is 16.5 Å². The Morgan fingerprint density at radius 3 is 2.43 bits per heavy atom. The third kappa shape index (κ3) is 4.77. The number of aryl methyl sites for hydroxylation is 1. The minimum absolute atomic E-state index is 0.0452. The molecule has 1 atom stereocenters. The van der Waals surface area contributed by atoms with E-state index >= 15 is 0 Å². The largest absolute Gasteiger partial charge is 0.477 e. The second kappa shape index (κ2) is 7.35. The van der Waals surface area contributed by atoms with Gasteiger partial charge in [-0.2, -0.15) is 0 Å². The first-order valence-corrected chi connectivity index (χ1v) is 9.09. The highest BCUT2D eigenvalue weighted by Crippen LogP contribution is 2.26. The number of sulfonamides is 1. The standard InChI is InChI=1S/C13H22N2O4S2/c1-5-15(6-2)8-10(4)14-21(18,19)11-7-9(3)12(20-11)13(16)17/h7,10,14H,5-6,8H2,1-4H3,(H,16,17). The van der Waals surface area contributed by atoms with Gasteiger partial charge in [0.05, 0.1) is 0 Å². The second-order valence-corrected chi connectivity index (χ2v) is 7.88. The van der Waals surface area contributed by atoms with Crippen LogP contribution in [-0.2, 0) is 10.0 Å². The number of nitrogens with zero attached hydrogens (tertiary/aromatic N) is 1. The van der Waals surface area contributed by atoms with Gasteiger partial charge < -0.3 is 10.0 Å². The first-order chi connectivity index (χ1) is 9.71. The summed E-state index contributed by atoms with van der Waals surface area (Å²) in [6.45, 7) is 9.75. The molecule has 0 aromatic carbocycles. The number of hydrogen-bond acceptors (Lipinski definition) is 5. The Bertz CT molecular complexity index is 591. The molecule has 0 aliphatic carbocycles. The lowest BCUT2D eigenvalue weighted by molar-refractivity contribution is 0.0701. The molecular weight excluding hydrogens is 312 g/mol. The summed E-state index contributed by atoms with van der Waals surface area (Å²) < 4.78 is 27.2. The van der Waals surface area contributed by atoms with E-state index in [2.05, 4.69) is 9.62 Å². The number of carboxylic acid groups (broad SMARTS) is 1. The summed E-state index contributed by atoms with van der Waals surface area (Å²) in [5.74, 6) is -1.10. The minimum atomic E-state index is -3.68. The Labute approximate surface area is 129 Å². The van der Waals surface area contributed by atoms with Crippen LogP contribution in [-0.4, -0.2) is 50.1 Å². The van der Waals surface area contributed by atoms with E-state index in [0.29, 0.717) is 12.1 Å². The first-order valence-electron chi connectivity index (χ1n) is 6.79. The van der Waals surface area contributed by atoms with Crippen LogP contribution in [0.15, 0.2) is 10.3 Å². The number of carboxylic acids is 1. The first kappa shape index (κ1) is 18.1. The van der Waals surface area contributed by atoms with Crippen molar-refractivity contribution in [1.82, 2.24) is 9.62 Å². The molecule has 0 spiro atoms. The molecule has 1 unspecified atom stereocenters. The Morgan fingerprint density at radius 1 is 1.43 bits per heavy atom. The molecule has 1 aromatic heterocycles. The average molecular weight is 334 g/mol. The second-order valence-electron chi connectivity index (χ2n) is 4.89. The fraction of sp³-hybridized carbons (Fsp3) is 0.615. The highest BCUT2D eigenvalue weighted by Gasteiger charge is 2.23. The van der Waals surface area contributed by atoms with Crippen molar-refractivity contribution in [2.24, 2.45) is 0 Å². The van der Waals surface area contributed by atoms with E-state index in [1.54, 1.807) is 13.8 Å². The van der Waals surface area contributed by atoms with Crippen LogP contribution in [0.1, 0.15) is 36.0 Å². The molecule has 0 saturated heterocycles. The monoisotopic (exact) mass is 334 g/mol. The average Bonchev–Trinajstić information content (AvgIpc) is 2.78. The number of rotatable bonds is 8. The van der Waals surface area contributed by atoms with Crippen molar-refractivity contribution in [3.8, 4) is 0 Å². The molecule has 1 heterocycles. The van der Waals surface area contributed by atoms with Gasteiger partial charge in [0.1, 0.15) is 9.09 Å². The van der Waals surface area contributed by atoms with Crippen molar-refractivity contribution in [3.63, 3.8) is 0 Å². The molecule has 0 bridgehead atoms. The predicted molar refractivity (Wildman–Crippen MR) is 83.6 cm³/mol. The van der Waals surface area contributed by atoms with Crippen molar-refractivity contribution in [2.45, 2.75) is 37.9 Å². The number of likely N-dealkylation sites (N-methyl/N-ethyl adjacent to an activating group) is 1. The zero-order valence-corrected chi connectivity index (χ0v) is 14.3. The molecule has 1 rings (SSSR count). The predicted octanol–water partition coefficient (Wildman–Crippen LogP) is 1.76. The highest BCUT2D eigenvalue weighted by atomic mass is 32.2. The van der Waals surface area contributed by atoms with E-state index in [-0.39, 0.29) is 15.1 Å². The summed E-state index contributed by atoms with van der Waals surface area (Å²) in [6, 6.07) is 1.16. The van der Waals surface area contributed by atoms with Crippen LogP contribution in [0.25, 0.3) is 0 Å². The maximum Gasteiger partial charge on any atom is 0.346 e. The molecule has 0 amide bonds. The molecule has 6 nitrogen and oxygen atoms in total. The van der Waals surface area contributed by atoms with Gasteiger partial charge in [0, 0.05) is 12.6 Å². The Hall–Kier alpha value is -0.960. The van der Waals surface area contributed by atoms with Gasteiger partial charge in [0.2, 0.25) is 10.0 Å². The molecule has 0 fully saturated rings. The Kier molecular flexibility index (Phi) is 6.33. The summed E-state index contributed by atoms with van der Waals surface area (Å²) in [5, 5.41) is 9.00. The van der Waals surface area contributed by atoms with Gasteiger partial charge >= 0.3 is 5.97 Å². The normalized spacial score (nSPS) is 13.6. The van der Waals surface area contributed by atoms with E-state index in [0.717, 1.165) is 24.4 Å². The van der Waals surface area contributed by atoms with Gasteiger partial charge in [-0.15, -0.1) is 11.3 Å². The maximum absolute atomic E-state index is 12.3. The summed E-state index contributed by atoms with van der Waals surface area (Å²) in [4.78, 5) is 13.2. The van der Waals surface area contributed by atoms with E-state index < -0.39 is 16.0 Å². The lowest BCUT2D eigenvalue weighted by Gasteiger charge is -2.23. The summed E-state index contributed by atoms with van der Waals surface area (Å²) in [6.07, 6.45) is 0. The molecule has 0 aliphatic rings. The fourth-order valence-electron chi connectivity index (χ4n) is 2.03. The van der Waals surface area contributed by atoms with Crippen LogP contribution in [0.5, 0.6) is 0 Å². The Balaban J connectivity index is 2.86. The molecular formula is C13H22N2O4S2. The molecule has 0 saturated carbocycles. The summed E-state index contributed by atoms with van der Waals surface area (Å²) in [5.41, 5.74) is 0.462. The van der Waals surface area contributed by atoms with Crippen LogP contribution in [0.4, 0.5) is 0 Å². The van der Waals surface area contributed by atoms with E-state index in [1.807, 2.05) is 13.8 Å². The Morgan fingerprint density at radius 2 is 2.00 bits per heavy atom. The lowest BCUT2D eigenvalue weighted by Crippen LogP contribution is -2.41. The zero-order valence-electron chi connectivity index (χ0n) is 12.7. The van der Waals surface area contributed by atoms with Gasteiger partial charge in [-0.3, -0.25) is 0 Å². The summed E-state index contributed by atoms with van der Waals surface area (Å²) in [7, 11) is -3.68. The van der Waals surface area contributed by atoms with Crippen molar-refractivity contribution in [2.75, 3.05) is 19.6 Å². The third-order valence-electron chi connectivity index (χ3n) is 3.14. The quantitative estimate of drug-likeness (QED) is 0.756. The van der Waals surface area contributed by atoms with Crippen LogP contribution in [0.2, 0.25) is 0 Å². The molecule has 1 aromatic rings. The smallest absolute Gasteiger partial charge is 0.346 e. The molecule has 8 heteroatoms. The van der Waals surface area contributed by atoms with Gasteiger partial charge in [-0.1, -0.05) is 13.8 Å². The van der Waals surface area contributed by atoms with E-state index in [1.165, 1.54) is 6.07 Å². The van der Waals surface area contributed by atoms with Crippen molar-refractivity contribution < 1.29 is 18.3 Å². The number of thiophene rings is 1. The third-order valence-corrected chi connectivity index (χ3v) is 6.43. The van der Waals surface area contributed by atoms with E-state index in [9.17, 15) is 13.2 Å². The lowest BCUT2D eigenvalue weighted by atomic mass is 10.3. The maximum atomic E-state index is 12.3. The number of hydrogen-bond donors (Lipinski definition) is 2. The number of carbonyl (C=O) groups is 1. The van der Waals surface area contributed by atoms with Gasteiger partial charge in [-0.25, -0.2) is 17.9 Å². The number of aromatic carboxylic acids is 1. The van der Waals surface area contributed by atoms with Gasteiger partial charge in [0.15, 0.2) is 0 Å². The van der Waals surface area contributed by atoms with Crippen LogP contribution in [0.3, 0.4) is 0 Å². The van der Waals surface area contributed by atoms with Crippen LogP contribution < -0.4 is 4.72 Å². The molecule has 2 N–H and O–H groups in total. The van der Waals surface area contributed by atoms with E-state index in [4.69, 9.17) is 5.11 Å². The molecule has 21 heavy (non-hydrogen) atoms. The van der Waals surface area contributed by atoms with Gasteiger partial charge in [0.25, 0.3) is 0 Å². The minimum Gasteiger partial charge on any atom is -0.477 e. The molecule has 120 valence electrons. The van der Waals surface area contributed by atoms with Gasteiger partial charge in [-0.05, 0) is 38.6 Å². The molecule has 0 aliphatic heterocycles. The summed E-state index contributed by atoms with van der Waals surface area (Å²) >= 11 is 0.783.